The number of nitrogens with one attached hydrogen (secondary N) is 1. The van der Waals surface area contributed by atoms with Gasteiger partial charge in [0.25, 0.3) is 5.56 Å². The first-order chi connectivity index (χ1) is 14.5. The summed E-state index contributed by atoms with van der Waals surface area (Å²) in [5.74, 6) is -0.753. The summed E-state index contributed by atoms with van der Waals surface area (Å²) in [6.07, 6.45) is 0. The predicted molar refractivity (Wildman–Crippen MR) is 117 cm³/mol. The van der Waals surface area contributed by atoms with Crippen molar-refractivity contribution in [3.8, 4) is 11.4 Å². The molecule has 0 fully saturated rings. The molecule has 2 aromatic heterocycles. The van der Waals surface area contributed by atoms with Crippen LogP contribution >= 0.6 is 35.3 Å². The van der Waals surface area contributed by atoms with Gasteiger partial charge in [0.2, 0.25) is 0 Å². The maximum atomic E-state index is 13.4. The van der Waals surface area contributed by atoms with Gasteiger partial charge in [0.15, 0.2) is 26.4 Å². The normalized spacial score (nSPS) is 11.2. The van der Waals surface area contributed by atoms with Crippen LogP contribution in [0.5, 0.6) is 5.75 Å². The van der Waals surface area contributed by atoms with Gasteiger partial charge in [0, 0.05) is 11.4 Å². The highest BCUT2D eigenvalue weighted by molar-refractivity contribution is 7.98. The zero-order valence-corrected chi connectivity index (χ0v) is 18.1. The molecule has 0 atom stereocenters. The fraction of sp³-hybridized carbons (Fsp3) is 0.150. The molecule has 30 heavy (non-hydrogen) atoms. The number of hydrogen-bond donors (Lipinski definition) is 1. The van der Waals surface area contributed by atoms with Crippen LogP contribution in [0.3, 0.4) is 0 Å². The zero-order chi connectivity index (χ0) is 21.3. The van der Waals surface area contributed by atoms with Crippen LogP contribution in [0.2, 0.25) is 0 Å². The van der Waals surface area contributed by atoms with Gasteiger partial charge in [-0.1, -0.05) is 29.2 Å². The van der Waals surface area contributed by atoms with Gasteiger partial charge in [-0.2, -0.15) is 0 Å². The fourth-order valence-corrected chi connectivity index (χ4v) is 4.90. The van der Waals surface area contributed by atoms with Crippen LogP contribution in [-0.2, 0) is 5.75 Å². The number of hydrogen-bond acceptors (Lipinski definition) is 6. The number of aromatic nitrogens is 3. The van der Waals surface area contributed by atoms with E-state index in [-0.39, 0.29) is 5.56 Å². The Labute approximate surface area is 183 Å². The first kappa shape index (κ1) is 20.7. The molecule has 0 spiro atoms. The largest absolute Gasteiger partial charge is 0.494 e. The molecule has 4 rings (SSSR count). The number of H-pyrrole nitrogens is 1. The molecule has 0 aliphatic carbocycles. The van der Waals surface area contributed by atoms with Crippen LogP contribution in [0.25, 0.3) is 16.0 Å². The van der Waals surface area contributed by atoms with Crippen molar-refractivity contribution < 1.29 is 13.5 Å². The molecule has 5 nitrogen and oxygen atoms in total. The van der Waals surface area contributed by atoms with Crippen LogP contribution in [0.4, 0.5) is 8.78 Å². The van der Waals surface area contributed by atoms with Gasteiger partial charge in [-0.15, -0.1) is 0 Å². The Morgan fingerprint density at radius 2 is 1.97 bits per heavy atom. The molecule has 2 heterocycles. The first-order valence-corrected chi connectivity index (χ1v) is 11.1. The van der Waals surface area contributed by atoms with Crippen molar-refractivity contribution in [2.24, 2.45) is 0 Å². The van der Waals surface area contributed by atoms with Gasteiger partial charge >= 0.3 is 0 Å². The number of nitrogens with zero attached hydrogens (tertiary/aromatic N) is 2. The van der Waals surface area contributed by atoms with Crippen molar-refractivity contribution in [2.75, 3.05) is 6.61 Å². The van der Waals surface area contributed by atoms with Crippen molar-refractivity contribution in [2.45, 2.75) is 17.8 Å². The third-order valence-electron chi connectivity index (χ3n) is 4.19. The average molecular weight is 464 g/mol. The number of thiazole rings is 1. The second-order valence-electron chi connectivity index (χ2n) is 6.19. The summed E-state index contributed by atoms with van der Waals surface area (Å²) in [4.78, 5) is 19.8. The molecule has 0 saturated carbocycles. The summed E-state index contributed by atoms with van der Waals surface area (Å²) < 4.78 is 34.6. The summed E-state index contributed by atoms with van der Waals surface area (Å²) in [5, 5.41) is 0.365. The number of rotatable bonds is 6. The van der Waals surface area contributed by atoms with Gasteiger partial charge in [-0.05, 0) is 61.1 Å². The first-order valence-electron chi connectivity index (χ1n) is 8.92. The van der Waals surface area contributed by atoms with Gasteiger partial charge in [-0.3, -0.25) is 9.36 Å². The van der Waals surface area contributed by atoms with Crippen LogP contribution in [0.1, 0.15) is 12.5 Å². The van der Waals surface area contributed by atoms with E-state index in [0.29, 0.717) is 37.4 Å². The molecule has 0 aliphatic rings. The molecule has 0 bridgehead atoms. The number of benzene rings is 2. The number of ether oxygens (including phenoxy) is 1. The Morgan fingerprint density at radius 1 is 1.20 bits per heavy atom. The summed E-state index contributed by atoms with van der Waals surface area (Å²) in [5.41, 5.74) is 1.50. The van der Waals surface area contributed by atoms with E-state index in [2.05, 4.69) is 9.97 Å². The lowest BCUT2D eigenvalue weighted by atomic mass is 10.2. The molecule has 1 N–H and O–H groups in total. The van der Waals surface area contributed by atoms with Gasteiger partial charge < -0.3 is 9.72 Å². The standard InChI is InChI=1S/C20H15F2N3O2S3/c1-2-27-13-6-4-12(5-7-13)25-17-16(30-20(25)28)18(26)24-19(23-17)29-10-11-3-8-14(21)15(22)9-11/h3-9H,2,10H2,1H3,(H,23,24,26). The Hall–Kier alpha value is -2.56. The van der Waals surface area contributed by atoms with Crippen LogP contribution in [0, 0.1) is 15.6 Å². The molecule has 0 amide bonds. The van der Waals surface area contributed by atoms with E-state index in [1.165, 1.54) is 29.2 Å². The van der Waals surface area contributed by atoms with Crippen molar-refractivity contribution in [1.29, 1.82) is 0 Å². The minimum atomic E-state index is -0.910. The van der Waals surface area contributed by atoms with E-state index in [1.54, 1.807) is 4.57 Å². The van der Waals surface area contributed by atoms with E-state index in [9.17, 15) is 13.6 Å². The highest BCUT2D eigenvalue weighted by Crippen LogP contribution is 2.27. The quantitative estimate of drug-likeness (QED) is 0.233. The Bertz CT molecular complexity index is 1330. The number of aromatic amines is 1. The van der Waals surface area contributed by atoms with E-state index >= 15 is 0 Å². The molecular formula is C20H15F2N3O2S3. The number of thioether (sulfide) groups is 1. The van der Waals surface area contributed by atoms with Crippen LogP contribution in [-0.4, -0.2) is 21.1 Å². The number of fused-ring (bicyclic) bond motifs is 1. The lowest BCUT2D eigenvalue weighted by molar-refractivity contribution is 0.340. The number of halogens is 2. The smallest absolute Gasteiger partial charge is 0.271 e. The molecule has 10 heteroatoms. The maximum Gasteiger partial charge on any atom is 0.271 e. The predicted octanol–water partition coefficient (Wildman–Crippen LogP) is 5.47. The molecular weight excluding hydrogens is 448 g/mol. The minimum absolute atomic E-state index is 0.298. The zero-order valence-electron chi connectivity index (χ0n) is 15.6. The average Bonchev–Trinajstić information content (AvgIpc) is 3.06. The maximum absolute atomic E-state index is 13.4. The summed E-state index contributed by atoms with van der Waals surface area (Å²) in [6.45, 7) is 2.47. The molecule has 0 unspecified atom stereocenters. The third-order valence-corrected chi connectivity index (χ3v) is 6.49. The minimum Gasteiger partial charge on any atom is -0.494 e. The summed E-state index contributed by atoms with van der Waals surface area (Å²) in [6, 6.07) is 11.1. The van der Waals surface area contributed by atoms with Gasteiger partial charge in [-0.25, -0.2) is 13.8 Å². The molecule has 2 aromatic carbocycles. The highest BCUT2D eigenvalue weighted by Gasteiger charge is 2.14. The van der Waals surface area contributed by atoms with Crippen LogP contribution < -0.4 is 10.3 Å². The highest BCUT2D eigenvalue weighted by atomic mass is 32.2. The summed E-state index contributed by atoms with van der Waals surface area (Å²) in [7, 11) is 0. The molecule has 0 radical (unpaired) electrons. The molecule has 4 aromatic rings. The van der Waals surface area contributed by atoms with E-state index < -0.39 is 11.6 Å². The van der Waals surface area contributed by atoms with Crippen molar-refractivity contribution in [1.82, 2.24) is 14.5 Å². The third kappa shape index (κ3) is 4.16. The SMILES string of the molecule is CCOc1ccc(-n2c(=S)sc3c(=O)[nH]c(SCc4ccc(F)c(F)c4)nc32)cc1. The summed E-state index contributed by atoms with van der Waals surface area (Å²) >= 11 is 7.87. The monoisotopic (exact) mass is 463 g/mol. The van der Waals surface area contributed by atoms with Crippen molar-refractivity contribution in [3.05, 3.63) is 74.0 Å². The Kier molecular flexibility index (Phi) is 5.98. The van der Waals surface area contributed by atoms with E-state index in [0.717, 1.165) is 23.6 Å². The fourth-order valence-electron chi connectivity index (χ4n) is 2.83. The molecule has 154 valence electrons. The van der Waals surface area contributed by atoms with Crippen LogP contribution in [0.15, 0.2) is 52.4 Å². The second-order valence-corrected chi connectivity index (χ2v) is 8.80. The van der Waals surface area contributed by atoms with Gasteiger partial charge in [0.1, 0.15) is 10.4 Å². The topological polar surface area (TPSA) is 59.9 Å². The van der Waals surface area contributed by atoms with E-state index in [4.69, 9.17) is 17.0 Å². The Balaban J connectivity index is 1.69. The van der Waals surface area contributed by atoms with Crippen molar-refractivity contribution in [3.63, 3.8) is 0 Å². The molecule has 0 aliphatic heterocycles. The molecule has 0 saturated heterocycles. The lowest BCUT2D eigenvalue weighted by Crippen LogP contribution is -2.09. The van der Waals surface area contributed by atoms with Crippen molar-refractivity contribution >= 4 is 45.7 Å². The second kappa shape index (κ2) is 8.66. The van der Waals surface area contributed by atoms with Gasteiger partial charge in [0.05, 0.1) is 6.61 Å². The lowest BCUT2D eigenvalue weighted by Gasteiger charge is -2.07. The van der Waals surface area contributed by atoms with E-state index in [1.807, 2.05) is 31.2 Å². The Morgan fingerprint density at radius 3 is 2.67 bits per heavy atom.